The van der Waals surface area contributed by atoms with Crippen molar-refractivity contribution < 1.29 is 18.3 Å². The lowest BCUT2D eigenvalue weighted by atomic mass is 10.0. The second kappa shape index (κ2) is 5.01. The van der Waals surface area contributed by atoms with Gasteiger partial charge in [-0.05, 0) is 36.4 Å². The Kier molecular flexibility index (Phi) is 3.17. The molecule has 0 amide bonds. The molecule has 0 radical (unpaired) electrons. The van der Waals surface area contributed by atoms with E-state index in [2.05, 4.69) is 4.98 Å². The average Bonchev–Trinajstić information content (AvgIpc) is 2.84. The molecule has 0 aliphatic carbocycles. The smallest absolute Gasteiger partial charge is 0.152 e. The van der Waals surface area contributed by atoms with Gasteiger partial charge in [-0.25, -0.2) is 8.78 Å². The quantitative estimate of drug-likeness (QED) is 0.741. The van der Waals surface area contributed by atoms with Crippen molar-refractivity contribution in [2.24, 2.45) is 0 Å². The molecule has 3 aromatic rings. The Balaban J connectivity index is 2.35. The molecule has 0 atom stereocenters. The van der Waals surface area contributed by atoms with E-state index < -0.39 is 11.6 Å². The second-order valence-corrected chi connectivity index (χ2v) is 4.57. The summed E-state index contributed by atoms with van der Waals surface area (Å²) in [4.78, 5) is 14.4. The summed E-state index contributed by atoms with van der Waals surface area (Å²) in [7, 11) is 1.46. The highest BCUT2D eigenvalue weighted by Crippen LogP contribution is 2.35. The first-order valence-corrected chi connectivity index (χ1v) is 6.24. The van der Waals surface area contributed by atoms with Gasteiger partial charge in [0.15, 0.2) is 6.29 Å². The van der Waals surface area contributed by atoms with E-state index in [9.17, 15) is 13.6 Å². The van der Waals surface area contributed by atoms with Gasteiger partial charge in [-0.3, -0.25) is 4.79 Å². The fourth-order valence-electron chi connectivity index (χ4n) is 2.40. The molecule has 1 aromatic heterocycles. The minimum atomic E-state index is -0.451. The molecule has 1 N–H and O–H groups in total. The number of ether oxygens (including phenoxy) is 1. The number of aldehydes is 1. The summed E-state index contributed by atoms with van der Waals surface area (Å²) in [5, 5.41) is 0.450. The highest BCUT2D eigenvalue weighted by atomic mass is 19.1. The Morgan fingerprint density at radius 1 is 1.10 bits per heavy atom. The van der Waals surface area contributed by atoms with Gasteiger partial charge in [-0.2, -0.15) is 0 Å². The maximum Gasteiger partial charge on any atom is 0.152 e. The van der Waals surface area contributed by atoms with E-state index in [0.29, 0.717) is 34.2 Å². The van der Waals surface area contributed by atoms with E-state index in [0.717, 1.165) is 0 Å². The molecule has 5 heteroatoms. The van der Waals surface area contributed by atoms with Crippen LogP contribution >= 0.6 is 0 Å². The molecular weight excluding hydrogens is 276 g/mol. The first-order chi connectivity index (χ1) is 10.1. The lowest BCUT2D eigenvalue weighted by Gasteiger charge is -2.07. The molecule has 0 aliphatic rings. The van der Waals surface area contributed by atoms with Crippen LogP contribution in [0.25, 0.3) is 22.2 Å². The van der Waals surface area contributed by atoms with Gasteiger partial charge in [0.1, 0.15) is 17.4 Å². The summed E-state index contributed by atoms with van der Waals surface area (Å²) in [6, 6.07) is 8.11. The largest absolute Gasteiger partial charge is 0.496 e. The van der Waals surface area contributed by atoms with Crippen LogP contribution in [0, 0.1) is 11.6 Å². The second-order valence-electron chi connectivity index (χ2n) is 4.57. The third-order valence-electron chi connectivity index (χ3n) is 3.35. The number of halogens is 2. The number of H-pyrrole nitrogens is 1. The monoisotopic (exact) mass is 287 g/mol. The molecule has 0 saturated carbocycles. The number of carbonyl (C=O) groups excluding carboxylic acids is 1. The fraction of sp³-hybridized carbons (Fsp3) is 0.0625. The minimum Gasteiger partial charge on any atom is -0.496 e. The number of rotatable bonds is 3. The van der Waals surface area contributed by atoms with Crippen molar-refractivity contribution in [1.29, 1.82) is 0 Å². The zero-order chi connectivity index (χ0) is 15.0. The fourth-order valence-corrected chi connectivity index (χ4v) is 2.40. The number of hydrogen-bond acceptors (Lipinski definition) is 2. The normalized spacial score (nSPS) is 10.8. The van der Waals surface area contributed by atoms with Crippen molar-refractivity contribution >= 4 is 17.2 Å². The van der Waals surface area contributed by atoms with Crippen LogP contribution in [0.2, 0.25) is 0 Å². The van der Waals surface area contributed by atoms with Gasteiger partial charge in [-0.15, -0.1) is 0 Å². The zero-order valence-corrected chi connectivity index (χ0v) is 11.1. The molecule has 0 saturated heterocycles. The van der Waals surface area contributed by atoms with E-state index in [1.54, 1.807) is 0 Å². The van der Waals surface area contributed by atoms with E-state index >= 15 is 0 Å². The van der Waals surface area contributed by atoms with Gasteiger partial charge >= 0.3 is 0 Å². The molecule has 106 valence electrons. The van der Waals surface area contributed by atoms with Gasteiger partial charge in [-0.1, -0.05) is 0 Å². The maximum absolute atomic E-state index is 13.5. The first kappa shape index (κ1) is 13.3. The van der Waals surface area contributed by atoms with Crippen LogP contribution < -0.4 is 4.74 Å². The standard InChI is InChI=1S/C16H11F2NO2/c1-21-15-5-3-10(18)7-12(15)16-13(8-20)11-6-9(17)2-4-14(11)19-16/h2-8,19H,1H3. The van der Waals surface area contributed by atoms with Gasteiger partial charge in [0.2, 0.25) is 0 Å². The van der Waals surface area contributed by atoms with Crippen molar-refractivity contribution in [3.63, 3.8) is 0 Å². The summed E-state index contributed by atoms with van der Waals surface area (Å²) in [6.45, 7) is 0. The number of nitrogens with one attached hydrogen (secondary N) is 1. The molecule has 0 bridgehead atoms. The van der Waals surface area contributed by atoms with Crippen LogP contribution in [0.3, 0.4) is 0 Å². The highest BCUT2D eigenvalue weighted by molar-refractivity contribution is 6.04. The average molecular weight is 287 g/mol. The van der Waals surface area contributed by atoms with E-state index in [-0.39, 0.29) is 5.56 Å². The predicted molar refractivity (Wildman–Crippen MR) is 75.6 cm³/mol. The minimum absolute atomic E-state index is 0.272. The third-order valence-corrected chi connectivity index (χ3v) is 3.35. The summed E-state index contributed by atoms with van der Waals surface area (Å²) in [5.74, 6) is -0.471. The predicted octanol–water partition coefficient (Wildman–Crippen LogP) is 3.93. The molecule has 0 fully saturated rings. The van der Waals surface area contributed by atoms with Crippen LogP contribution in [-0.2, 0) is 0 Å². The van der Waals surface area contributed by atoms with Crippen LogP contribution in [-0.4, -0.2) is 18.4 Å². The molecule has 2 aromatic carbocycles. The summed E-state index contributed by atoms with van der Waals surface area (Å²) < 4.78 is 32.1. The number of aromatic amines is 1. The van der Waals surface area contributed by atoms with Crippen LogP contribution in [0.15, 0.2) is 36.4 Å². The van der Waals surface area contributed by atoms with E-state index in [4.69, 9.17) is 4.74 Å². The van der Waals surface area contributed by atoms with Gasteiger partial charge < -0.3 is 9.72 Å². The first-order valence-electron chi connectivity index (χ1n) is 6.24. The van der Waals surface area contributed by atoms with Gasteiger partial charge in [0, 0.05) is 22.0 Å². The summed E-state index contributed by atoms with van der Waals surface area (Å²) >= 11 is 0. The number of hydrogen-bond donors (Lipinski definition) is 1. The Labute approximate surface area is 119 Å². The lowest BCUT2D eigenvalue weighted by Crippen LogP contribution is -1.92. The summed E-state index contributed by atoms with van der Waals surface area (Å²) in [5.41, 5.74) is 1.69. The molecule has 0 aliphatic heterocycles. The topological polar surface area (TPSA) is 42.1 Å². The van der Waals surface area contributed by atoms with Crippen molar-refractivity contribution in [3.05, 3.63) is 53.6 Å². The van der Waals surface area contributed by atoms with Crippen LogP contribution in [0.5, 0.6) is 5.75 Å². The Morgan fingerprint density at radius 3 is 2.52 bits per heavy atom. The van der Waals surface area contributed by atoms with Gasteiger partial charge in [0.05, 0.1) is 12.8 Å². The number of methoxy groups -OCH3 is 1. The van der Waals surface area contributed by atoms with Crippen LogP contribution in [0.1, 0.15) is 10.4 Å². The molecule has 0 unspecified atom stereocenters. The molecule has 1 heterocycles. The maximum atomic E-state index is 13.5. The van der Waals surface area contributed by atoms with Crippen molar-refractivity contribution in [1.82, 2.24) is 4.98 Å². The summed E-state index contributed by atoms with van der Waals surface area (Å²) in [6.07, 6.45) is 0.623. The van der Waals surface area contributed by atoms with Crippen molar-refractivity contribution in [3.8, 4) is 17.0 Å². The van der Waals surface area contributed by atoms with E-state index in [1.807, 2.05) is 0 Å². The lowest BCUT2D eigenvalue weighted by molar-refractivity contribution is 0.112. The Morgan fingerprint density at radius 2 is 1.81 bits per heavy atom. The number of carbonyl (C=O) groups is 1. The van der Waals surface area contributed by atoms with Crippen molar-refractivity contribution in [2.45, 2.75) is 0 Å². The molecule has 3 nitrogen and oxygen atoms in total. The number of aromatic nitrogens is 1. The molecule has 0 spiro atoms. The Hall–Kier alpha value is -2.69. The number of benzene rings is 2. The van der Waals surface area contributed by atoms with E-state index in [1.165, 1.54) is 43.5 Å². The zero-order valence-electron chi connectivity index (χ0n) is 11.1. The number of fused-ring (bicyclic) bond motifs is 1. The molecule has 21 heavy (non-hydrogen) atoms. The molecule has 3 rings (SSSR count). The van der Waals surface area contributed by atoms with Crippen LogP contribution in [0.4, 0.5) is 8.78 Å². The SMILES string of the molecule is COc1ccc(F)cc1-c1[nH]c2ccc(F)cc2c1C=O. The third kappa shape index (κ3) is 2.16. The van der Waals surface area contributed by atoms with Crippen molar-refractivity contribution in [2.75, 3.05) is 7.11 Å². The highest BCUT2D eigenvalue weighted by Gasteiger charge is 2.17. The molecular formula is C16H11F2NO2. The van der Waals surface area contributed by atoms with Gasteiger partial charge in [0.25, 0.3) is 0 Å². The Bertz CT molecular complexity index is 840.